The van der Waals surface area contributed by atoms with Crippen molar-refractivity contribution in [3.63, 3.8) is 0 Å². The van der Waals surface area contributed by atoms with Gasteiger partial charge in [-0.05, 0) is 30.2 Å². The summed E-state index contributed by atoms with van der Waals surface area (Å²) in [6.07, 6.45) is 0.965. The van der Waals surface area contributed by atoms with E-state index in [0.29, 0.717) is 11.3 Å². The van der Waals surface area contributed by atoms with E-state index in [9.17, 15) is 4.39 Å². The van der Waals surface area contributed by atoms with Crippen LogP contribution < -0.4 is 4.74 Å². The van der Waals surface area contributed by atoms with Crippen LogP contribution in [-0.4, -0.2) is 0 Å². The lowest BCUT2D eigenvalue weighted by Gasteiger charge is -2.10. The van der Waals surface area contributed by atoms with Crippen molar-refractivity contribution in [1.82, 2.24) is 0 Å². The van der Waals surface area contributed by atoms with Gasteiger partial charge >= 0.3 is 0 Å². The summed E-state index contributed by atoms with van der Waals surface area (Å²) in [5, 5.41) is 0. The van der Waals surface area contributed by atoms with Crippen molar-refractivity contribution < 1.29 is 9.13 Å². The molecular formula is C15H14ClFO. The molecule has 3 heteroatoms. The molecule has 0 heterocycles. The predicted molar refractivity (Wildman–Crippen MR) is 71.9 cm³/mol. The molecule has 0 spiro atoms. The van der Waals surface area contributed by atoms with Gasteiger partial charge < -0.3 is 4.74 Å². The van der Waals surface area contributed by atoms with Crippen molar-refractivity contribution in [3.8, 4) is 11.5 Å². The van der Waals surface area contributed by atoms with Crippen molar-refractivity contribution in [1.29, 1.82) is 0 Å². The van der Waals surface area contributed by atoms with E-state index < -0.39 is 5.82 Å². The van der Waals surface area contributed by atoms with Gasteiger partial charge in [0.2, 0.25) is 0 Å². The highest BCUT2D eigenvalue weighted by Gasteiger charge is 2.10. The molecule has 0 bridgehead atoms. The second-order valence-electron chi connectivity index (χ2n) is 3.96. The Labute approximate surface area is 111 Å². The van der Waals surface area contributed by atoms with Gasteiger partial charge in [-0.3, -0.25) is 0 Å². The van der Waals surface area contributed by atoms with Gasteiger partial charge in [-0.25, -0.2) is 4.39 Å². The Hall–Kier alpha value is -1.54. The Morgan fingerprint density at radius 2 is 1.83 bits per heavy atom. The molecule has 94 valence electrons. The van der Waals surface area contributed by atoms with Crippen LogP contribution in [0, 0.1) is 5.82 Å². The molecule has 0 saturated heterocycles. The fourth-order valence-electron chi connectivity index (χ4n) is 1.68. The first-order valence-electron chi connectivity index (χ1n) is 5.84. The highest BCUT2D eigenvalue weighted by atomic mass is 35.5. The molecule has 2 aromatic carbocycles. The molecular weight excluding hydrogens is 251 g/mol. The van der Waals surface area contributed by atoms with Gasteiger partial charge in [0.05, 0.1) is 5.88 Å². The van der Waals surface area contributed by atoms with E-state index in [4.69, 9.17) is 16.3 Å². The Bertz CT molecular complexity index is 523. The maximum Gasteiger partial charge on any atom is 0.167 e. The average molecular weight is 265 g/mol. The lowest BCUT2D eigenvalue weighted by molar-refractivity contribution is 0.438. The molecule has 0 fully saturated rings. The molecule has 0 amide bonds. The Morgan fingerprint density at radius 3 is 2.44 bits per heavy atom. The molecule has 0 N–H and O–H groups in total. The summed E-state index contributed by atoms with van der Waals surface area (Å²) >= 11 is 5.77. The smallest absolute Gasteiger partial charge is 0.167 e. The van der Waals surface area contributed by atoms with Crippen LogP contribution in [0.15, 0.2) is 42.5 Å². The summed E-state index contributed by atoms with van der Waals surface area (Å²) < 4.78 is 19.3. The minimum absolute atomic E-state index is 0.205. The number of ether oxygens (including phenoxy) is 1. The van der Waals surface area contributed by atoms with Gasteiger partial charge in [0.25, 0.3) is 0 Å². The van der Waals surface area contributed by atoms with Crippen LogP contribution in [0.4, 0.5) is 4.39 Å². The SMILES string of the molecule is CCc1ccc(Oc2c(F)cccc2CCl)cc1. The fraction of sp³-hybridized carbons (Fsp3) is 0.200. The van der Waals surface area contributed by atoms with Gasteiger partial charge in [-0.15, -0.1) is 11.6 Å². The molecule has 1 nitrogen and oxygen atoms in total. The van der Waals surface area contributed by atoms with E-state index in [2.05, 4.69) is 6.92 Å². The van der Waals surface area contributed by atoms with E-state index in [-0.39, 0.29) is 11.6 Å². The third kappa shape index (κ3) is 2.82. The number of benzene rings is 2. The zero-order chi connectivity index (χ0) is 13.0. The minimum Gasteiger partial charge on any atom is -0.454 e. The molecule has 2 aromatic rings. The second-order valence-corrected chi connectivity index (χ2v) is 4.23. The first kappa shape index (κ1) is 12.9. The summed E-state index contributed by atoms with van der Waals surface area (Å²) in [7, 11) is 0. The molecule has 0 aliphatic rings. The van der Waals surface area contributed by atoms with Crippen LogP contribution in [0.25, 0.3) is 0 Å². The Morgan fingerprint density at radius 1 is 1.11 bits per heavy atom. The maximum absolute atomic E-state index is 13.7. The summed E-state index contributed by atoms with van der Waals surface area (Å²) in [5.74, 6) is 0.647. The zero-order valence-corrected chi connectivity index (χ0v) is 10.9. The summed E-state index contributed by atoms with van der Waals surface area (Å²) in [5.41, 5.74) is 1.87. The van der Waals surface area contributed by atoms with Crippen molar-refractivity contribution in [3.05, 3.63) is 59.4 Å². The van der Waals surface area contributed by atoms with E-state index in [1.165, 1.54) is 11.6 Å². The molecule has 2 rings (SSSR count). The van der Waals surface area contributed by atoms with Crippen molar-refractivity contribution in [2.45, 2.75) is 19.2 Å². The monoisotopic (exact) mass is 264 g/mol. The normalized spacial score (nSPS) is 10.4. The average Bonchev–Trinajstić information content (AvgIpc) is 2.42. The Kier molecular flexibility index (Phi) is 4.21. The molecule has 0 saturated carbocycles. The lowest BCUT2D eigenvalue weighted by Crippen LogP contribution is -1.93. The van der Waals surface area contributed by atoms with Gasteiger partial charge in [0.1, 0.15) is 5.75 Å². The van der Waals surface area contributed by atoms with Crippen molar-refractivity contribution in [2.24, 2.45) is 0 Å². The van der Waals surface area contributed by atoms with E-state index in [1.807, 2.05) is 24.3 Å². The fourth-order valence-corrected chi connectivity index (χ4v) is 1.89. The summed E-state index contributed by atoms with van der Waals surface area (Å²) in [6.45, 7) is 2.08. The topological polar surface area (TPSA) is 9.23 Å². The summed E-state index contributed by atoms with van der Waals surface area (Å²) in [4.78, 5) is 0. The number of rotatable bonds is 4. The molecule has 0 atom stereocenters. The molecule has 0 radical (unpaired) electrons. The first-order chi connectivity index (χ1) is 8.74. The number of para-hydroxylation sites is 1. The van der Waals surface area contributed by atoms with E-state index in [0.717, 1.165) is 6.42 Å². The molecule has 18 heavy (non-hydrogen) atoms. The second kappa shape index (κ2) is 5.87. The number of halogens is 2. The van der Waals surface area contributed by atoms with E-state index in [1.54, 1.807) is 12.1 Å². The predicted octanol–water partition coefficient (Wildman–Crippen LogP) is 4.92. The van der Waals surface area contributed by atoms with Crippen LogP contribution >= 0.6 is 11.6 Å². The molecule has 0 aliphatic carbocycles. The van der Waals surface area contributed by atoms with Gasteiger partial charge in [-0.1, -0.05) is 31.2 Å². The number of hydrogen-bond donors (Lipinski definition) is 0. The largest absolute Gasteiger partial charge is 0.454 e. The van der Waals surface area contributed by atoms with E-state index >= 15 is 0 Å². The van der Waals surface area contributed by atoms with Crippen molar-refractivity contribution in [2.75, 3.05) is 0 Å². The summed E-state index contributed by atoms with van der Waals surface area (Å²) in [6, 6.07) is 12.4. The van der Waals surface area contributed by atoms with Gasteiger partial charge in [0, 0.05) is 5.56 Å². The molecule has 0 aromatic heterocycles. The first-order valence-corrected chi connectivity index (χ1v) is 6.38. The lowest BCUT2D eigenvalue weighted by atomic mass is 10.1. The third-order valence-corrected chi connectivity index (χ3v) is 3.03. The highest BCUT2D eigenvalue weighted by Crippen LogP contribution is 2.29. The maximum atomic E-state index is 13.7. The van der Waals surface area contributed by atoms with Gasteiger partial charge in [0.15, 0.2) is 11.6 Å². The van der Waals surface area contributed by atoms with Crippen LogP contribution in [0.2, 0.25) is 0 Å². The third-order valence-electron chi connectivity index (χ3n) is 2.74. The molecule has 0 unspecified atom stereocenters. The van der Waals surface area contributed by atoms with Crippen LogP contribution in [0.5, 0.6) is 11.5 Å². The zero-order valence-electron chi connectivity index (χ0n) is 10.1. The highest BCUT2D eigenvalue weighted by molar-refractivity contribution is 6.17. The standard InChI is InChI=1S/C15H14ClFO/c1-2-11-6-8-13(9-7-11)18-15-12(10-16)4-3-5-14(15)17/h3-9H,2,10H2,1H3. The number of alkyl halides is 1. The van der Waals surface area contributed by atoms with Crippen LogP contribution in [0.3, 0.4) is 0 Å². The minimum atomic E-state index is -0.396. The quantitative estimate of drug-likeness (QED) is 0.712. The number of aryl methyl sites for hydroxylation is 1. The van der Waals surface area contributed by atoms with Crippen LogP contribution in [0.1, 0.15) is 18.1 Å². The van der Waals surface area contributed by atoms with Crippen LogP contribution in [-0.2, 0) is 12.3 Å². The van der Waals surface area contributed by atoms with Crippen molar-refractivity contribution >= 4 is 11.6 Å². The molecule has 0 aliphatic heterocycles. The number of hydrogen-bond acceptors (Lipinski definition) is 1. The van der Waals surface area contributed by atoms with Gasteiger partial charge in [-0.2, -0.15) is 0 Å². The Balaban J connectivity index is 2.27.